The van der Waals surface area contributed by atoms with E-state index in [9.17, 15) is 9.59 Å². The van der Waals surface area contributed by atoms with Gasteiger partial charge >= 0.3 is 5.97 Å². The van der Waals surface area contributed by atoms with Crippen molar-refractivity contribution in [2.24, 2.45) is 5.10 Å². The SMILES string of the molecule is COc1ccc(C(=O)Oc2ccc(/C=N\NC(=O)CSc3nc4ccccc4s3)cc2Cl)cc1. The fourth-order valence-corrected chi connectivity index (χ4v) is 4.91. The summed E-state index contributed by atoms with van der Waals surface area (Å²) in [5, 5.41) is 4.20. The van der Waals surface area contributed by atoms with Crippen LogP contribution in [0.5, 0.6) is 11.5 Å². The van der Waals surface area contributed by atoms with Crippen LogP contribution >= 0.6 is 34.7 Å². The largest absolute Gasteiger partial charge is 0.497 e. The van der Waals surface area contributed by atoms with Crippen LogP contribution in [0, 0.1) is 0 Å². The summed E-state index contributed by atoms with van der Waals surface area (Å²) in [6.45, 7) is 0. The maximum atomic E-state index is 12.3. The van der Waals surface area contributed by atoms with Crippen molar-refractivity contribution in [2.45, 2.75) is 4.34 Å². The Kier molecular flexibility index (Phi) is 7.79. The van der Waals surface area contributed by atoms with E-state index in [1.54, 1.807) is 60.9 Å². The maximum absolute atomic E-state index is 12.3. The number of nitrogens with one attached hydrogen (secondary N) is 1. The highest BCUT2D eigenvalue weighted by Gasteiger charge is 2.12. The number of carbonyl (C=O) groups excluding carboxylic acids is 2. The lowest BCUT2D eigenvalue weighted by Crippen LogP contribution is -2.19. The third-order valence-corrected chi connectivity index (χ3v) is 6.96. The summed E-state index contributed by atoms with van der Waals surface area (Å²) in [4.78, 5) is 28.9. The first-order valence-corrected chi connectivity index (χ1v) is 12.2. The molecule has 10 heteroatoms. The fourth-order valence-electron chi connectivity index (χ4n) is 2.82. The van der Waals surface area contributed by atoms with Gasteiger partial charge in [0.05, 0.1) is 39.9 Å². The molecule has 1 heterocycles. The summed E-state index contributed by atoms with van der Waals surface area (Å²) in [5.41, 5.74) is 4.40. The minimum Gasteiger partial charge on any atom is -0.497 e. The van der Waals surface area contributed by atoms with Gasteiger partial charge in [-0.15, -0.1) is 11.3 Å². The zero-order chi connectivity index (χ0) is 23.9. The van der Waals surface area contributed by atoms with Gasteiger partial charge in [-0.05, 0) is 60.2 Å². The van der Waals surface area contributed by atoms with Crippen LogP contribution in [0.3, 0.4) is 0 Å². The van der Waals surface area contributed by atoms with Crippen molar-refractivity contribution >= 4 is 63.0 Å². The molecule has 4 aromatic rings. The van der Waals surface area contributed by atoms with E-state index in [0.29, 0.717) is 16.9 Å². The monoisotopic (exact) mass is 511 g/mol. The standard InChI is InChI=1S/C24H18ClN3O4S2/c1-31-17-9-7-16(8-10-17)23(30)32-20-11-6-15(12-18(20)25)13-26-28-22(29)14-33-24-27-19-4-2-3-5-21(19)34-24/h2-13H,14H2,1H3,(H,28,29)/b26-13-. The Bertz CT molecular complexity index is 1320. The molecule has 1 amide bonds. The number of aromatic nitrogens is 1. The molecule has 0 aliphatic rings. The van der Waals surface area contributed by atoms with Crippen LogP contribution in [0.2, 0.25) is 5.02 Å². The number of methoxy groups -OCH3 is 1. The number of thiazole rings is 1. The highest BCUT2D eigenvalue weighted by Crippen LogP contribution is 2.29. The van der Waals surface area contributed by atoms with Crippen LogP contribution in [-0.4, -0.2) is 35.9 Å². The molecule has 0 saturated heterocycles. The zero-order valence-electron chi connectivity index (χ0n) is 17.9. The molecule has 1 N–H and O–H groups in total. The lowest BCUT2D eigenvalue weighted by Gasteiger charge is -2.07. The Morgan fingerprint density at radius 2 is 1.94 bits per heavy atom. The summed E-state index contributed by atoms with van der Waals surface area (Å²) < 4.78 is 12.3. The number of benzene rings is 3. The van der Waals surface area contributed by atoms with E-state index in [0.717, 1.165) is 14.6 Å². The number of halogens is 1. The molecule has 0 spiro atoms. The minimum atomic E-state index is -0.538. The first-order valence-electron chi connectivity index (χ1n) is 9.98. The second-order valence-electron chi connectivity index (χ2n) is 6.84. The molecule has 0 aliphatic heterocycles. The van der Waals surface area contributed by atoms with Crippen molar-refractivity contribution in [3.63, 3.8) is 0 Å². The molecule has 0 saturated carbocycles. The van der Waals surface area contributed by atoms with E-state index in [2.05, 4.69) is 15.5 Å². The number of amides is 1. The molecule has 4 rings (SSSR count). The number of hydrazone groups is 1. The van der Waals surface area contributed by atoms with Gasteiger partial charge < -0.3 is 9.47 Å². The van der Waals surface area contributed by atoms with Gasteiger partial charge in [-0.2, -0.15) is 5.10 Å². The highest BCUT2D eigenvalue weighted by molar-refractivity contribution is 8.01. The molecule has 0 bridgehead atoms. The third-order valence-electron chi connectivity index (χ3n) is 4.49. The van der Waals surface area contributed by atoms with E-state index < -0.39 is 5.97 Å². The molecule has 1 aromatic heterocycles. The number of ether oxygens (including phenoxy) is 2. The van der Waals surface area contributed by atoms with Gasteiger partial charge in [0.25, 0.3) is 5.91 Å². The lowest BCUT2D eigenvalue weighted by molar-refractivity contribution is -0.118. The molecule has 7 nitrogen and oxygen atoms in total. The molecule has 0 fully saturated rings. The number of thioether (sulfide) groups is 1. The Morgan fingerprint density at radius 3 is 2.68 bits per heavy atom. The van der Waals surface area contributed by atoms with Gasteiger partial charge in [-0.1, -0.05) is 35.5 Å². The van der Waals surface area contributed by atoms with Gasteiger partial charge in [-0.25, -0.2) is 15.2 Å². The van der Waals surface area contributed by atoms with Crippen LogP contribution in [0.15, 0.2) is 76.2 Å². The summed E-state index contributed by atoms with van der Waals surface area (Å²) in [5.74, 6) is 0.259. The van der Waals surface area contributed by atoms with E-state index in [4.69, 9.17) is 21.1 Å². The molecule has 0 aliphatic carbocycles. The van der Waals surface area contributed by atoms with E-state index >= 15 is 0 Å². The average Bonchev–Trinajstić information content (AvgIpc) is 3.27. The number of hydrogen-bond donors (Lipinski definition) is 1. The number of esters is 1. The van der Waals surface area contributed by atoms with Crippen LogP contribution in [0.4, 0.5) is 0 Å². The average molecular weight is 512 g/mol. The topological polar surface area (TPSA) is 89.9 Å². The number of hydrogen-bond acceptors (Lipinski definition) is 8. The van der Waals surface area contributed by atoms with Gasteiger partial charge in [0.2, 0.25) is 0 Å². The molecule has 3 aromatic carbocycles. The van der Waals surface area contributed by atoms with Gasteiger partial charge in [0.1, 0.15) is 11.5 Å². The van der Waals surface area contributed by atoms with E-state index in [1.165, 1.54) is 18.0 Å². The summed E-state index contributed by atoms with van der Waals surface area (Å²) in [7, 11) is 1.55. The number of nitrogens with zero attached hydrogens (tertiary/aromatic N) is 2. The molecule has 0 atom stereocenters. The predicted octanol–water partition coefficient (Wildman–Crippen LogP) is 5.42. The van der Waals surface area contributed by atoms with Crippen molar-refractivity contribution < 1.29 is 19.1 Å². The Labute approximate surface area is 208 Å². The highest BCUT2D eigenvalue weighted by atomic mass is 35.5. The molecule has 172 valence electrons. The molecule has 34 heavy (non-hydrogen) atoms. The molecular formula is C24H18ClN3O4S2. The Balaban J connectivity index is 1.28. The fraction of sp³-hybridized carbons (Fsp3) is 0.0833. The number of rotatable bonds is 8. The normalized spacial score (nSPS) is 11.0. The van der Waals surface area contributed by atoms with Gasteiger partial charge in [-0.3, -0.25) is 4.79 Å². The van der Waals surface area contributed by atoms with Crippen LogP contribution in [0.1, 0.15) is 15.9 Å². The smallest absolute Gasteiger partial charge is 0.343 e. The third kappa shape index (κ3) is 6.13. The molecule has 0 unspecified atom stereocenters. The van der Waals surface area contributed by atoms with E-state index in [1.807, 2.05) is 24.3 Å². The second-order valence-corrected chi connectivity index (χ2v) is 9.50. The van der Waals surface area contributed by atoms with Crippen LogP contribution in [0.25, 0.3) is 10.2 Å². The molecule has 0 radical (unpaired) electrons. The lowest BCUT2D eigenvalue weighted by atomic mass is 10.2. The maximum Gasteiger partial charge on any atom is 0.343 e. The summed E-state index contributed by atoms with van der Waals surface area (Å²) >= 11 is 9.15. The number of para-hydroxylation sites is 1. The summed E-state index contributed by atoms with van der Waals surface area (Å²) in [6.07, 6.45) is 1.46. The number of fused-ring (bicyclic) bond motifs is 1. The van der Waals surface area contributed by atoms with Crippen LogP contribution in [-0.2, 0) is 4.79 Å². The summed E-state index contributed by atoms with van der Waals surface area (Å²) in [6, 6.07) is 19.2. The van der Waals surface area contributed by atoms with E-state index in [-0.39, 0.29) is 22.4 Å². The van der Waals surface area contributed by atoms with Gasteiger partial charge in [0, 0.05) is 0 Å². The van der Waals surface area contributed by atoms with Crippen molar-refractivity contribution in [1.82, 2.24) is 10.4 Å². The predicted molar refractivity (Wildman–Crippen MR) is 135 cm³/mol. The van der Waals surface area contributed by atoms with Gasteiger partial charge in [0.15, 0.2) is 4.34 Å². The van der Waals surface area contributed by atoms with Crippen molar-refractivity contribution in [3.8, 4) is 11.5 Å². The second kappa shape index (κ2) is 11.1. The van der Waals surface area contributed by atoms with Crippen LogP contribution < -0.4 is 14.9 Å². The van der Waals surface area contributed by atoms with Crippen molar-refractivity contribution in [3.05, 3.63) is 82.9 Å². The first kappa shape index (κ1) is 23.7. The zero-order valence-corrected chi connectivity index (χ0v) is 20.2. The van der Waals surface area contributed by atoms with Crippen molar-refractivity contribution in [1.29, 1.82) is 0 Å². The molecular weight excluding hydrogens is 494 g/mol. The minimum absolute atomic E-state index is 0.193. The Morgan fingerprint density at radius 1 is 1.15 bits per heavy atom. The quantitative estimate of drug-likeness (QED) is 0.112. The Hall–Kier alpha value is -3.40. The van der Waals surface area contributed by atoms with Crippen molar-refractivity contribution in [2.75, 3.05) is 12.9 Å². The number of carbonyl (C=O) groups is 2. The first-order chi connectivity index (χ1) is 16.5.